The fraction of sp³-hybridized carbons (Fsp3) is 0.286. The molecule has 3 rings (SSSR count). The molecule has 0 bridgehead atoms. The van der Waals surface area contributed by atoms with Gasteiger partial charge in [-0.15, -0.1) is 0 Å². The van der Waals surface area contributed by atoms with Gasteiger partial charge < -0.3 is 15.5 Å². The highest BCUT2D eigenvalue weighted by atomic mass is 16.2. The van der Waals surface area contributed by atoms with E-state index in [2.05, 4.69) is 10.6 Å². The molecule has 2 aromatic rings. The van der Waals surface area contributed by atoms with Crippen molar-refractivity contribution in [1.29, 1.82) is 0 Å². The van der Waals surface area contributed by atoms with Crippen molar-refractivity contribution in [2.75, 3.05) is 22.1 Å². The molecule has 6 heteroatoms. The quantitative estimate of drug-likeness (QED) is 0.849. The van der Waals surface area contributed by atoms with E-state index in [9.17, 15) is 14.4 Å². The van der Waals surface area contributed by atoms with Crippen LogP contribution in [0.2, 0.25) is 0 Å². The smallest absolute Gasteiger partial charge is 0.255 e. The second-order valence-corrected chi connectivity index (χ2v) is 6.87. The molecule has 2 N–H and O–H groups in total. The molecule has 27 heavy (non-hydrogen) atoms. The number of nitrogens with one attached hydrogen (secondary N) is 2. The van der Waals surface area contributed by atoms with Crippen LogP contribution in [0.1, 0.15) is 37.0 Å². The van der Waals surface area contributed by atoms with Gasteiger partial charge in [-0.1, -0.05) is 13.8 Å². The van der Waals surface area contributed by atoms with Crippen molar-refractivity contribution in [2.45, 2.75) is 26.7 Å². The van der Waals surface area contributed by atoms with E-state index in [1.807, 2.05) is 13.8 Å². The van der Waals surface area contributed by atoms with Gasteiger partial charge in [0.1, 0.15) is 0 Å². The summed E-state index contributed by atoms with van der Waals surface area (Å²) in [4.78, 5) is 37.6. The normalized spacial score (nSPS) is 13.7. The zero-order chi connectivity index (χ0) is 19.4. The average molecular weight is 365 g/mol. The minimum atomic E-state index is -0.228. The molecule has 0 radical (unpaired) electrons. The maximum absolute atomic E-state index is 12.4. The predicted octanol–water partition coefficient (Wildman–Crippen LogP) is 3.66. The maximum Gasteiger partial charge on any atom is 0.255 e. The molecule has 2 aromatic carbocycles. The average Bonchev–Trinajstić information content (AvgIpc) is 3.09. The van der Waals surface area contributed by atoms with Gasteiger partial charge in [0.2, 0.25) is 11.8 Å². The molecular weight excluding hydrogens is 342 g/mol. The van der Waals surface area contributed by atoms with Crippen LogP contribution < -0.4 is 15.5 Å². The first-order valence-corrected chi connectivity index (χ1v) is 9.07. The fourth-order valence-corrected chi connectivity index (χ4v) is 2.84. The van der Waals surface area contributed by atoms with E-state index < -0.39 is 0 Å². The van der Waals surface area contributed by atoms with Crippen LogP contribution in [0.4, 0.5) is 17.1 Å². The van der Waals surface area contributed by atoms with E-state index in [0.717, 1.165) is 18.7 Å². The van der Waals surface area contributed by atoms with Gasteiger partial charge in [-0.3, -0.25) is 14.4 Å². The highest BCUT2D eigenvalue weighted by Gasteiger charge is 2.21. The largest absolute Gasteiger partial charge is 0.326 e. The minimum Gasteiger partial charge on any atom is -0.326 e. The van der Waals surface area contributed by atoms with Crippen LogP contribution in [-0.2, 0) is 9.59 Å². The molecule has 0 atom stereocenters. The predicted molar refractivity (Wildman–Crippen MR) is 106 cm³/mol. The van der Waals surface area contributed by atoms with Crippen molar-refractivity contribution >= 4 is 34.8 Å². The monoisotopic (exact) mass is 365 g/mol. The molecule has 1 heterocycles. The number of benzene rings is 2. The lowest BCUT2D eigenvalue weighted by atomic mass is 10.1. The zero-order valence-electron chi connectivity index (χ0n) is 15.5. The molecule has 6 nitrogen and oxygen atoms in total. The molecule has 0 unspecified atom stereocenters. The number of amides is 3. The number of carbonyl (C=O) groups excluding carboxylic acids is 3. The molecule has 1 aliphatic rings. The lowest BCUT2D eigenvalue weighted by molar-refractivity contribution is -0.119. The number of hydrogen-bond acceptors (Lipinski definition) is 3. The van der Waals surface area contributed by atoms with Gasteiger partial charge in [0.25, 0.3) is 5.91 Å². The number of anilines is 3. The molecule has 0 aromatic heterocycles. The Morgan fingerprint density at radius 2 is 1.52 bits per heavy atom. The van der Waals surface area contributed by atoms with Crippen LogP contribution in [0, 0.1) is 5.92 Å². The highest BCUT2D eigenvalue weighted by molar-refractivity contribution is 6.05. The molecule has 0 spiro atoms. The Balaban J connectivity index is 1.61. The van der Waals surface area contributed by atoms with Crippen molar-refractivity contribution in [3.8, 4) is 0 Å². The zero-order valence-corrected chi connectivity index (χ0v) is 15.5. The summed E-state index contributed by atoms with van der Waals surface area (Å²) in [5.41, 5.74) is 2.66. The van der Waals surface area contributed by atoms with E-state index >= 15 is 0 Å². The van der Waals surface area contributed by atoms with Gasteiger partial charge >= 0.3 is 0 Å². The van der Waals surface area contributed by atoms with Crippen molar-refractivity contribution in [2.24, 2.45) is 5.92 Å². The van der Waals surface area contributed by atoms with Gasteiger partial charge in [-0.2, -0.15) is 0 Å². The molecule has 1 aliphatic heterocycles. The van der Waals surface area contributed by atoms with Crippen LogP contribution >= 0.6 is 0 Å². The first-order chi connectivity index (χ1) is 12.9. The Bertz CT molecular complexity index is 842. The standard InChI is InChI=1S/C21H23N3O3/c1-14(2)20(26)22-16-7-9-17(10-8-16)23-21(27)15-5-11-18(12-6-15)24-13-3-4-19(24)25/h5-12,14H,3-4,13H2,1-2H3,(H,22,26)(H,23,27). The third-order valence-electron chi connectivity index (χ3n) is 4.45. The Labute approximate surface area is 158 Å². The number of hydrogen-bond donors (Lipinski definition) is 2. The van der Waals surface area contributed by atoms with Crippen LogP contribution in [0.25, 0.3) is 0 Å². The Kier molecular flexibility index (Phi) is 5.54. The van der Waals surface area contributed by atoms with Gasteiger partial charge in [-0.25, -0.2) is 0 Å². The van der Waals surface area contributed by atoms with E-state index in [4.69, 9.17) is 0 Å². The number of nitrogens with zero attached hydrogens (tertiary/aromatic N) is 1. The van der Waals surface area contributed by atoms with Gasteiger partial charge in [0.15, 0.2) is 0 Å². The van der Waals surface area contributed by atoms with Gasteiger partial charge in [0, 0.05) is 41.5 Å². The summed E-state index contributed by atoms with van der Waals surface area (Å²) in [6.07, 6.45) is 1.45. The number of carbonyl (C=O) groups is 3. The number of rotatable bonds is 5. The van der Waals surface area contributed by atoms with E-state index in [0.29, 0.717) is 23.4 Å². The summed E-state index contributed by atoms with van der Waals surface area (Å²) in [6.45, 7) is 4.38. The van der Waals surface area contributed by atoms with Crippen molar-refractivity contribution < 1.29 is 14.4 Å². The molecule has 0 saturated carbocycles. The van der Waals surface area contributed by atoms with Gasteiger partial charge in [0.05, 0.1) is 0 Å². The lowest BCUT2D eigenvalue weighted by Gasteiger charge is -2.15. The Morgan fingerprint density at radius 1 is 0.926 bits per heavy atom. The van der Waals surface area contributed by atoms with Crippen LogP contribution in [0.15, 0.2) is 48.5 Å². The third kappa shape index (κ3) is 4.53. The second-order valence-electron chi connectivity index (χ2n) is 6.87. The molecule has 1 saturated heterocycles. The lowest BCUT2D eigenvalue weighted by Crippen LogP contribution is -2.23. The SMILES string of the molecule is CC(C)C(=O)Nc1ccc(NC(=O)c2ccc(N3CCCC3=O)cc2)cc1. The maximum atomic E-state index is 12.4. The van der Waals surface area contributed by atoms with Crippen molar-refractivity contribution in [3.05, 3.63) is 54.1 Å². The first-order valence-electron chi connectivity index (χ1n) is 9.07. The Hall–Kier alpha value is -3.15. The van der Waals surface area contributed by atoms with Gasteiger partial charge in [-0.05, 0) is 55.0 Å². The van der Waals surface area contributed by atoms with E-state index in [1.54, 1.807) is 53.4 Å². The summed E-state index contributed by atoms with van der Waals surface area (Å²) in [6, 6.07) is 14.0. The van der Waals surface area contributed by atoms with Crippen molar-refractivity contribution in [1.82, 2.24) is 0 Å². The second kappa shape index (κ2) is 8.03. The Morgan fingerprint density at radius 3 is 2.04 bits per heavy atom. The van der Waals surface area contributed by atoms with E-state index in [-0.39, 0.29) is 23.6 Å². The first kappa shape index (κ1) is 18.6. The molecule has 1 fully saturated rings. The minimum absolute atomic E-state index is 0.0524. The van der Waals surface area contributed by atoms with Crippen LogP contribution in [0.3, 0.4) is 0 Å². The molecule has 3 amide bonds. The fourth-order valence-electron chi connectivity index (χ4n) is 2.84. The molecular formula is C21H23N3O3. The molecule has 140 valence electrons. The highest BCUT2D eigenvalue weighted by Crippen LogP contribution is 2.22. The summed E-state index contributed by atoms with van der Waals surface area (Å²) >= 11 is 0. The summed E-state index contributed by atoms with van der Waals surface area (Å²) < 4.78 is 0. The van der Waals surface area contributed by atoms with E-state index in [1.165, 1.54) is 0 Å². The van der Waals surface area contributed by atoms with Crippen molar-refractivity contribution in [3.63, 3.8) is 0 Å². The summed E-state index contributed by atoms with van der Waals surface area (Å²) in [7, 11) is 0. The molecule has 0 aliphatic carbocycles. The topological polar surface area (TPSA) is 78.5 Å². The third-order valence-corrected chi connectivity index (χ3v) is 4.45. The summed E-state index contributed by atoms with van der Waals surface area (Å²) in [5, 5.41) is 5.63. The van der Waals surface area contributed by atoms with Crippen LogP contribution in [0.5, 0.6) is 0 Å². The van der Waals surface area contributed by atoms with Crippen LogP contribution in [-0.4, -0.2) is 24.3 Å². The summed E-state index contributed by atoms with van der Waals surface area (Å²) in [5.74, 6) is -0.253.